The Bertz CT molecular complexity index is 707. The number of carbonyl (C=O) groups excluding carboxylic acids is 1. The molecule has 0 radical (unpaired) electrons. The number of hydrogen-bond donors (Lipinski definition) is 2. The Labute approximate surface area is 182 Å². The van der Waals surface area contributed by atoms with Crippen LogP contribution < -0.4 is 0 Å². The summed E-state index contributed by atoms with van der Waals surface area (Å²) in [6.07, 6.45) is 7.18. The van der Waals surface area contributed by atoms with Crippen molar-refractivity contribution in [2.75, 3.05) is 0 Å². The molecule has 0 fully saturated rings. The first kappa shape index (κ1) is 24.3. The number of rotatable bonds is 12. The summed E-state index contributed by atoms with van der Waals surface area (Å²) in [5, 5.41) is 20.0. The zero-order valence-electron chi connectivity index (χ0n) is 19.1. The number of aryl methyl sites for hydroxylation is 2. The Balaban J connectivity index is 1.58. The van der Waals surface area contributed by atoms with Gasteiger partial charge >= 0.3 is 0 Å². The highest BCUT2D eigenvalue weighted by molar-refractivity contribution is 5.78. The molecule has 0 aliphatic carbocycles. The molecular weight excluding hydrogens is 372 g/mol. The second-order valence-corrected chi connectivity index (χ2v) is 9.46. The summed E-state index contributed by atoms with van der Waals surface area (Å²) in [6, 6.07) is 16.2. The molecule has 0 bridgehead atoms. The van der Waals surface area contributed by atoms with Gasteiger partial charge in [0.2, 0.25) is 0 Å². The minimum absolute atomic E-state index is 0.366. The molecule has 0 spiro atoms. The van der Waals surface area contributed by atoms with Crippen molar-refractivity contribution in [1.29, 1.82) is 0 Å². The first-order valence-electron chi connectivity index (χ1n) is 11.2. The van der Waals surface area contributed by atoms with Gasteiger partial charge < -0.3 is 10.2 Å². The number of hydrogen-bond acceptors (Lipinski definition) is 3. The minimum Gasteiger partial charge on any atom is -0.386 e. The maximum Gasteiger partial charge on any atom is 0.132 e. The smallest absolute Gasteiger partial charge is 0.132 e. The number of unbranched alkanes of at least 4 members (excludes halogenated alkanes) is 2. The van der Waals surface area contributed by atoms with Crippen molar-refractivity contribution in [3.63, 3.8) is 0 Å². The lowest BCUT2D eigenvalue weighted by atomic mass is 9.95. The molecule has 0 saturated carbocycles. The van der Waals surface area contributed by atoms with E-state index >= 15 is 0 Å². The van der Waals surface area contributed by atoms with Crippen molar-refractivity contribution in [3.8, 4) is 0 Å². The molecule has 2 N–H and O–H groups in total. The Morgan fingerprint density at radius 2 is 0.967 bits per heavy atom. The SMILES string of the molecule is CC(C)(O)c1ccc(CCCCC(=O)CCCCc2ccc(C(C)(C)O)cc2)cc1. The van der Waals surface area contributed by atoms with Gasteiger partial charge in [0.15, 0.2) is 0 Å². The van der Waals surface area contributed by atoms with Gasteiger partial charge in [-0.15, -0.1) is 0 Å². The molecule has 2 rings (SSSR count). The molecule has 0 heterocycles. The Morgan fingerprint density at radius 1 is 0.633 bits per heavy atom. The summed E-state index contributed by atoms with van der Waals surface area (Å²) in [6.45, 7) is 7.17. The number of Topliss-reactive ketones (excluding diaryl/α,β-unsaturated/α-hetero) is 1. The van der Waals surface area contributed by atoms with Crippen LogP contribution in [0.25, 0.3) is 0 Å². The third kappa shape index (κ3) is 8.41. The van der Waals surface area contributed by atoms with Gasteiger partial charge in [-0.3, -0.25) is 4.79 Å². The number of benzene rings is 2. The van der Waals surface area contributed by atoms with Gasteiger partial charge in [-0.2, -0.15) is 0 Å². The molecule has 2 aromatic carbocycles. The predicted octanol–water partition coefficient (Wildman–Crippen LogP) is 5.84. The van der Waals surface area contributed by atoms with E-state index in [2.05, 4.69) is 24.3 Å². The third-order valence-corrected chi connectivity index (χ3v) is 5.66. The van der Waals surface area contributed by atoms with E-state index in [0.29, 0.717) is 18.6 Å². The van der Waals surface area contributed by atoms with E-state index in [0.717, 1.165) is 49.7 Å². The van der Waals surface area contributed by atoms with Crippen molar-refractivity contribution >= 4 is 5.78 Å². The zero-order chi connectivity index (χ0) is 22.2. The Hall–Kier alpha value is -1.97. The molecule has 0 saturated heterocycles. The molecule has 3 nitrogen and oxygen atoms in total. The van der Waals surface area contributed by atoms with Crippen LogP contribution in [0.4, 0.5) is 0 Å². The van der Waals surface area contributed by atoms with Crippen molar-refractivity contribution in [1.82, 2.24) is 0 Å². The quantitative estimate of drug-likeness (QED) is 0.432. The molecule has 164 valence electrons. The molecule has 30 heavy (non-hydrogen) atoms. The summed E-state index contributed by atoms with van der Waals surface area (Å²) in [7, 11) is 0. The van der Waals surface area contributed by atoms with Crippen LogP contribution in [0.2, 0.25) is 0 Å². The predicted molar refractivity (Wildman–Crippen MR) is 123 cm³/mol. The van der Waals surface area contributed by atoms with Crippen molar-refractivity contribution in [2.24, 2.45) is 0 Å². The van der Waals surface area contributed by atoms with E-state index in [1.807, 2.05) is 24.3 Å². The number of aliphatic hydroxyl groups is 2. The molecule has 0 unspecified atom stereocenters. The van der Waals surface area contributed by atoms with Crippen LogP contribution in [0.5, 0.6) is 0 Å². The highest BCUT2D eigenvalue weighted by Crippen LogP contribution is 2.21. The lowest BCUT2D eigenvalue weighted by Gasteiger charge is -2.17. The number of ketones is 1. The second kappa shape index (κ2) is 10.9. The average Bonchev–Trinajstić information content (AvgIpc) is 2.68. The van der Waals surface area contributed by atoms with E-state index in [-0.39, 0.29) is 0 Å². The second-order valence-electron chi connectivity index (χ2n) is 9.46. The van der Waals surface area contributed by atoms with E-state index in [4.69, 9.17) is 0 Å². The van der Waals surface area contributed by atoms with Crippen LogP contribution >= 0.6 is 0 Å². The molecule has 0 aromatic heterocycles. The summed E-state index contributed by atoms with van der Waals surface area (Å²) in [5.74, 6) is 0.366. The standard InChI is InChI=1S/C27H38O3/c1-26(2,29)23-17-13-21(14-18-23)9-5-7-11-25(28)12-8-6-10-22-15-19-24(20-16-22)27(3,4)30/h13-20,29-30H,5-12H2,1-4H3. The summed E-state index contributed by atoms with van der Waals surface area (Å²) >= 11 is 0. The van der Waals surface area contributed by atoms with Gasteiger partial charge in [-0.1, -0.05) is 48.5 Å². The molecule has 0 aliphatic heterocycles. The van der Waals surface area contributed by atoms with Crippen LogP contribution in [0.15, 0.2) is 48.5 Å². The van der Waals surface area contributed by atoms with Crippen molar-refractivity contribution in [3.05, 3.63) is 70.8 Å². The lowest BCUT2D eigenvalue weighted by molar-refractivity contribution is -0.119. The topological polar surface area (TPSA) is 57.5 Å². The van der Waals surface area contributed by atoms with Gasteiger partial charge in [-0.05, 0) is 88.5 Å². The van der Waals surface area contributed by atoms with Gasteiger partial charge in [0.25, 0.3) is 0 Å². The van der Waals surface area contributed by atoms with Crippen LogP contribution in [-0.4, -0.2) is 16.0 Å². The molecule has 3 heteroatoms. The molecule has 2 aromatic rings. The summed E-state index contributed by atoms with van der Waals surface area (Å²) in [5.41, 5.74) is 2.76. The fraction of sp³-hybridized carbons (Fsp3) is 0.519. The average molecular weight is 411 g/mol. The van der Waals surface area contributed by atoms with Crippen LogP contribution in [0, 0.1) is 0 Å². The molecular formula is C27H38O3. The fourth-order valence-corrected chi connectivity index (χ4v) is 3.59. The van der Waals surface area contributed by atoms with Gasteiger partial charge in [-0.25, -0.2) is 0 Å². The van der Waals surface area contributed by atoms with Crippen molar-refractivity contribution < 1.29 is 15.0 Å². The molecule has 0 amide bonds. The lowest BCUT2D eigenvalue weighted by Crippen LogP contribution is -2.15. The Kier molecular flexibility index (Phi) is 8.81. The highest BCUT2D eigenvalue weighted by Gasteiger charge is 2.15. The van der Waals surface area contributed by atoms with E-state index in [1.165, 1.54) is 11.1 Å². The van der Waals surface area contributed by atoms with Gasteiger partial charge in [0, 0.05) is 12.8 Å². The van der Waals surface area contributed by atoms with Gasteiger partial charge in [0.1, 0.15) is 5.78 Å². The number of carbonyl (C=O) groups is 1. The highest BCUT2D eigenvalue weighted by atomic mass is 16.3. The fourth-order valence-electron chi connectivity index (χ4n) is 3.59. The zero-order valence-corrected chi connectivity index (χ0v) is 19.1. The summed E-state index contributed by atoms with van der Waals surface area (Å²) < 4.78 is 0. The normalized spacial score (nSPS) is 12.2. The monoisotopic (exact) mass is 410 g/mol. The van der Waals surface area contributed by atoms with Gasteiger partial charge in [0.05, 0.1) is 11.2 Å². The maximum atomic E-state index is 12.1. The first-order valence-corrected chi connectivity index (χ1v) is 11.2. The maximum absolute atomic E-state index is 12.1. The largest absolute Gasteiger partial charge is 0.386 e. The van der Waals surface area contributed by atoms with Crippen LogP contribution in [0.3, 0.4) is 0 Å². The third-order valence-electron chi connectivity index (χ3n) is 5.66. The van der Waals surface area contributed by atoms with Crippen molar-refractivity contribution in [2.45, 2.75) is 90.3 Å². The van der Waals surface area contributed by atoms with Crippen LogP contribution in [0.1, 0.15) is 88.5 Å². The molecule has 0 atom stereocenters. The van der Waals surface area contributed by atoms with Crippen LogP contribution in [-0.2, 0) is 28.8 Å². The summed E-state index contributed by atoms with van der Waals surface area (Å²) in [4.78, 5) is 12.1. The minimum atomic E-state index is -0.801. The van der Waals surface area contributed by atoms with E-state index in [1.54, 1.807) is 27.7 Å². The first-order chi connectivity index (χ1) is 14.1. The van der Waals surface area contributed by atoms with E-state index in [9.17, 15) is 15.0 Å². The molecule has 0 aliphatic rings. The van der Waals surface area contributed by atoms with E-state index < -0.39 is 11.2 Å². The Morgan fingerprint density at radius 3 is 1.27 bits per heavy atom.